The van der Waals surface area contributed by atoms with Crippen LogP contribution in [-0.4, -0.2) is 64.3 Å². The van der Waals surface area contributed by atoms with Crippen LogP contribution in [0.4, 0.5) is 0 Å². The fourth-order valence-electron chi connectivity index (χ4n) is 7.02. The smallest absolute Gasteiger partial charge is 0.229 e. The van der Waals surface area contributed by atoms with Gasteiger partial charge in [-0.05, 0) is 50.1 Å². The van der Waals surface area contributed by atoms with E-state index in [0.717, 1.165) is 41.8 Å². The second kappa shape index (κ2) is 4.92. The molecule has 0 unspecified atom stereocenters. The van der Waals surface area contributed by atoms with E-state index in [2.05, 4.69) is 11.9 Å². The molecule has 6 nitrogen and oxygen atoms in total. The lowest BCUT2D eigenvalue weighted by atomic mass is 9.48. The predicted octanol–water partition coefficient (Wildman–Crippen LogP) is 1.54. The van der Waals surface area contributed by atoms with Crippen molar-refractivity contribution in [2.24, 2.45) is 5.92 Å². The van der Waals surface area contributed by atoms with Gasteiger partial charge in [0.2, 0.25) is 5.91 Å². The second-order valence-electron chi connectivity index (χ2n) is 9.46. The van der Waals surface area contributed by atoms with E-state index < -0.39 is 17.1 Å². The molecule has 1 aromatic carbocycles. The van der Waals surface area contributed by atoms with E-state index >= 15 is 0 Å². The van der Waals surface area contributed by atoms with Crippen molar-refractivity contribution in [1.29, 1.82) is 0 Å². The highest BCUT2D eigenvalue weighted by atomic mass is 16.5. The molecule has 0 aromatic heterocycles. The monoisotopic (exact) mass is 382 g/mol. The minimum absolute atomic E-state index is 0.00244. The summed E-state index contributed by atoms with van der Waals surface area (Å²) in [5.74, 6) is 0.653. The van der Waals surface area contributed by atoms with Crippen LogP contribution in [0, 0.1) is 5.92 Å². The van der Waals surface area contributed by atoms with Crippen LogP contribution in [0.5, 0.6) is 11.5 Å². The van der Waals surface area contributed by atoms with Gasteiger partial charge < -0.3 is 24.7 Å². The van der Waals surface area contributed by atoms with Gasteiger partial charge in [-0.3, -0.25) is 4.79 Å². The average Bonchev–Trinajstić information content (AvgIpc) is 2.99. The Kier molecular flexibility index (Phi) is 2.96. The van der Waals surface area contributed by atoms with Crippen molar-refractivity contribution in [2.75, 3.05) is 20.6 Å². The van der Waals surface area contributed by atoms with Crippen LogP contribution in [0.2, 0.25) is 0 Å². The molecule has 28 heavy (non-hydrogen) atoms. The predicted molar refractivity (Wildman–Crippen MR) is 102 cm³/mol. The number of phenols is 1. The van der Waals surface area contributed by atoms with Crippen molar-refractivity contribution >= 4 is 5.91 Å². The average molecular weight is 382 g/mol. The maximum Gasteiger partial charge on any atom is 0.229 e. The Morgan fingerprint density at radius 2 is 2.04 bits per heavy atom. The van der Waals surface area contributed by atoms with Gasteiger partial charge in [-0.2, -0.15) is 0 Å². The zero-order chi connectivity index (χ0) is 19.6. The van der Waals surface area contributed by atoms with Crippen LogP contribution in [0.15, 0.2) is 23.4 Å². The third-order valence-corrected chi connectivity index (χ3v) is 8.24. The number of hydrogen-bond donors (Lipinski definition) is 2. The van der Waals surface area contributed by atoms with Crippen molar-refractivity contribution < 1.29 is 19.7 Å². The summed E-state index contributed by atoms with van der Waals surface area (Å²) in [4.78, 5) is 16.8. The van der Waals surface area contributed by atoms with Crippen molar-refractivity contribution in [2.45, 2.75) is 55.8 Å². The lowest BCUT2D eigenvalue weighted by Crippen LogP contribution is -2.75. The molecule has 1 amide bonds. The number of likely N-dealkylation sites (N-methyl/N-ethyl adjacent to an activating group) is 2. The molecule has 6 rings (SSSR count). The number of hydrogen-bond acceptors (Lipinski definition) is 5. The highest BCUT2D eigenvalue weighted by Gasteiger charge is 2.73. The molecule has 1 saturated heterocycles. The van der Waals surface area contributed by atoms with E-state index in [-0.39, 0.29) is 23.6 Å². The zero-order valence-corrected chi connectivity index (χ0v) is 16.5. The molecule has 6 heteroatoms. The van der Waals surface area contributed by atoms with Gasteiger partial charge >= 0.3 is 0 Å². The first-order valence-electron chi connectivity index (χ1n) is 10.2. The number of fused-ring (bicyclic) bond motifs is 1. The van der Waals surface area contributed by atoms with Crippen LogP contribution >= 0.6 is 0 Å². The van der Waals surface area contributed by atoms with Crippen molar-refractivity contribution in [3.63, 3.8) is 0 Å². The Morgan fingerprint density at radius 3 is 2.82 bits per heavy atom. The van der Waals surface area contributed by atoms with E-state index in [0.29, 0.717) is 18.6 Å². The summed E-state index contributed by atoms with van der Waals surface area (Å²) in [6.07, 6.45) is 2.30. The number of ether oxygens (including phenoxy) is 1. The Balaban J connectivity index is 1.68. The first-order chi connectivity index (χ1) is 13.3. The van der Waals surface area contributed by atoms with Crippen LogP contribution in [-0.2, 0) is 16.6 Å². The van der Waals surface area contributed by atoms with E-state index in [1.807, 2.05) is 20.0 Å². The number of phenolic OH excluding ortho intramolecular Hbond substituents is 1. The fraction of sp³-hybridized carbons (Fsp3) is 0.591. The number of carbonyl (C=O) groups excluding carboxylic acids is 1. The van der Waals surface area contributed by atoms with E-state index in [1.54, 1.807) is 11.0 Å². The van der Waals surface area contributed by atoms with Gasteiger partial charge in [0.05, 0.1) is 16.7 Å². The number of aliphatic hydroxyl groups is 1. The summed E-state index contributed by atoms with van der Waals surface area (Å²) in [6, 6.07) is 3.69. The summed E-state index contributed by atoms with van der Waals surface area (Å²) in [6.45, 7) is 2.82. The van der Waals surface area contributed by atoms with Crippen LogP contribution in [0.25, 0.3) is 0 Å². The molecule has 148 valence electrons. The fourth-order valence-corrected chi connectivity index (χ4v) is 7.02. The maximum absolute atomic E-state index is 12.8. The number of likely N-dealkylation sites (tertiary alicyclic amines) is 1. The minimum atomic E-state index is -0.962. The summed E-state index contributed by atoms with van der Waals surface area (Å²) < 4.78 is 6.45. The Bertz CT molecular complexity index is 972. The number of rotatable bonds is 0. The first kappa shape index (κ1) is 16.9. The minimum Gasteiger partial charge on any atom is -0.504 e. The quantitative estimate of drug-likeness (QED) is 0.712. The van der Waals surface area contributed by atoms with Gasteiger partial charge in [0.25, 0.3) is 0 Å². The normalized spacial score (nSPS) is 40.9. The lowest BCUT2D eigenvalue weighted by molar-refractivity contribution is -0.168. The van der Waals surface area contributed by atoms with Crippen molar-refractivity contribution in [1.82, 2.24) is 9.80 Å². The van der Waals surface area contributed by atoms with Gasteiger partial charge in [-0.25, -0.2) is 0 Å². The van der Waals surface area contributed by atoms with E-state index in [4.69, 9.17) is 4.74 Å². The largest absolute Gasteiger partial charge is 0.504 e. The third kappa shape index (κ3) is 1.59. The highest BCUT2D eigenvalue weighted by molar-refractivity contribution is 5.83. The standard InChI is InChI=1S/C22H26N2O4/c1-11-8-13-10-22(27)15-9-12-4-5-14(25)18-16(12)21(22,6-7-23(15)2)19(28-18)17(13)24(3)20(11)26/h4-5,11,15,19,25,27H,6-10H2,1-3H3/t11-,15+,19-,21-,22+/m0/s1. The van der Waals surface area contributed by atoms with Crippen LogP contribution < -0.4 is 4.74 Å². The Labute approximate surface area is 164 Å². The zero-order valence-electron chi connectivity index (χ0n) is 16.5. The second-order valence-corrected chi connectivity index (χ2v) is 9.46. The number of carbonyl (C=O) groups is 1. The molecular formula is C22H26N2O4. The first-order valence-corrected chi connectivity index (χ1v) is 10.2. The molecule has 5 aliphatic rings. The molecule has 2 aliphatic carbocycles. The number of nitrogens with zero attached hydrogens (tertiary/aromatic N) is 2. The number of piperidine rings is 1. The van der Waals surface area contributed by atoms with Gasteiger partial charge in [0.15, 0.2) is 17.6 Å². The van der Waals surface area contributed by atoms with E-state index in [1.165, 1.54) is 0 Å². The number of benzene rings is 1. The van der Waals surface area contributed by atoms with Gasteiger partial charge in [0.1, 0.15) is 0 Å². The van der Waals surface area contributed by atoms with Gasteiger partial charge in [0, 0.05) is 31.0 Å². The van der Waals surface area contributed by atoms with Crippen molar-refractivity contribution in [3.05, 3.63) is 34.5 Å². The summed E-state index contributed by atoms with van der Waals surface area (Å²) in [5, 5.41) is 22.9. The Hall–Kier alpha value is -2.05. The third-order valence-electron chi connectivity index (χ3n) is 8.24. The molecule has 0 radical (unpaired) electrons. The molecule has 1 aromatic rings. The summed E-state index contributed by atoms with van der Waals surface area (Å²) in [7, 11) is 3.92. The molecule has 1 fully saturated rings. The highest BCUT2D eigenvalue weighted by Crippen LogP contribution is 2.67. The molecule has 1 spiro atoms. The molecule has 5 atom stereocenters. The molecule has 3 aliphatic heterocycles. The van der Waals surface area contributed by atoms with Crippen LogP contribution in [0.3, 0.4) is 0 Å². The SMILES string of the molecule is C[C@H]1CC2=C([C@@H]3Oc4c(O)ccc5c4[C@@]34CCN(C)[C@H](C5)[C@]4(O)C2)N(C)C1=O. The molecule has 2 bridgehead atoms. The summed E-state index contributed by atoms with van der Waals surface area (Å²) >= 11 is 0. The summed E-state index contributed by atoms with van der Waals surface area (Å²) in [5.41, 5.74) is 2.61. The van der Waals surface area contributed by atoms with Gasteiger partial charge in [-0.1, -0.05) is 13.0 Å². The lowest BCUT2D eigenvalue weighted by Gasteiger charge is -2.63. The topological polar surface area (TPSA) is 73.2 Å². The maximum atomic E-state index is 12.8. The number of aromatic hydroxyl groups is 1. The van der Waals surface area contributed by atoms with Crippen LogP contribution in [0.1, 0.15) is 37.3 Å². The van der Waals surface area contributed by atoms with Crippen molar-refractivity contribution in [3.8, 4) is 11.5 Å². The Morgan fingerprint density at radius 1 is 1.25 bits per heavy atom. The molecule has 2 N–H and O–H groups in total. The molecule has 0 saturated carbocycles. The number of amides is 1. The molecule has 3 heterocycles. The van der Waals surface area contributed by atoms with E-state index in [9.17, 15) is 15.0 Å². The molecular weight excluding hydrogens is 356 g/mol. The van der Waals surface area contributed by atoms with Gasteiger partial charge in [-0.15, -0.1) is 0 Å².